The quantitative estimate of drug-likeness (QED) is 0.708. The van der Waals surface area contributed by atoms with Crippen LogP contribution in [0.2, 0.25) is 0 Å². The Morgan fingerprint density at radius 1 is 1.19 bits per heavy atom. The van der Waals surface area contributed by atoms with Crippen molar-refractivity contribution >= 4 is 15.9 Å². The minimum atomic E-state index is 0.499. The highest BCUT2D eigenvalue weighted by atomic mass is 79.9. The maximum absolute atomic E-state index is 5.73. The van der Waals surface area contributed by atoms with Gasteiger partial charge in [-0.2, -0.15) is 0 Å². The summed E-state index contributed by atoms with van der Waals surface area (Å²) in [5, 5.41) is 0.949. The van der Waals surface area contributed by atoms with Crippen molar-refractivity contribution in [1.29, 1.82) is 0 Å². The molecule has 3 heteroatoms. The van der Waals surface area contributed by atoms with Crippen LogP contribution in [0, 0.1) is 5.92 Å². The van der Waals surface area contributed by atoms with Gasteiger partial charge in [0.25, 0.3) is 0 Å². The normalized spacial score (nSPS) is 12.2. The number of rotatable bonds is 7. The number of ether oxygens (including phenoxy) is 2. The van der Waals surface area contributed by atoms with Crippen LogP contribution in [-0.2, 0) is 0 Å². The van der Waals surface area contributed by atoms with Gasteiger partial charge in [-0.05, 0) is 24.5 Å². The summed E-state index contributed by atoms with van der Waals surface area (Å²) in [6, 6.07) is 7.83. The summed E-state index contributed by atoms with van der Waals surface area (Å²) < 4.78 is 11.3. The molecular weight excluding hydrogens is 268 g/mol. The van der Waals surface area contributed by atoms with E-state index in [1.165, 1.54) is 0 Å². The largest absolute Gasteiger partial charge is 0.490 e. The molecule has 0 N–H and O–H groups in total. The lowest BCUT2D eigenvalue weighted by atomic mass is 10.2. The van der Waals surface area contributed by atoms with Gasteiger partial charge in [0.2, 0.25) is 0 Å². The zero-order chi connectivity index (χ0) is 11.8. The highest BCUT2D eigenvalue weighted by molar-refractivity contribution is 9.09. The van der Waals surface area contributed by atoms with E-state index in [9.17, 15) is 0 Å². The van der Waals surface area contributed by atoms with E-state index < -0.39 is 0 Å². The molecule has 0 heterocycles. The van der Waals surface area contributed by atoms with Crippen LogP contribution < -0.4 is 9.47 Å². The van der Waals surface area contributed by atoms with Crippen LogP contribution in [0.15, 0.2) is 24.3 Å². The van der Waals surface area contributed by atoms with E-state index in [0.717, 1.165) is 29.9 Å². The Morgan fingerprint density at radius 2 is 1.81 bits per heavy atom. The highest BCUT2D eigenvalue weighted by Crippen LogP contribution is 2.27. The fourth-order valence-electron chi connectivity index (χ4n) is 1.18. The molecule has 1 atom stereocenters. The molecule has 0 aliphatic heterocycles. The van der Waals surface area contributed by atoms with Crippen LogP contribution in [0.5, 0.6) is 11.5 Å². The van der Waals surface area contributed by atoms with Gasteiger partial charge in [0.1, 0.15) is 0 Å². The third-order valence-electron chi connectivity index (χ3n) is 2.10. The van der Waals surface area contributed by atoms with Gasteiger partial charge in [0.15, 0.2) is 11.5 Å². The number of halogens is 1. The SMILES string of the molecule is CCCOc1ccccc1OCC(C)CBr. The van der Waals surface area contributed by atoms with Gasteiger partial charge in [0, 0.05) is 5.33 Å². The summed E-state index contributed by atoms with van der Waals surface area (Å²) in [6.07, 6.45) is 1.01. The standard InChI is InChI=1S/C13H19BrO2/c1-3-8-15-12-6-4-5-7-13(12)16-10-11(2)9-14/h4-7,11H,3,8-10H2,1-2H3. The van der Waals surface area contributed by atoms with Crippen molar-refractivity contribution < 1.29 is 9.47 Å². The van der Waals surface area contributed by atoms with Gasteiger partial charge in [-0.25, -0.2) is 0 Å². The Morgan fingerprint density at radius 3 is 2.38 bits per heavy atom. The molecule has 0 spiro atoms. The first kappa shape index (κ1) is 13.4. The molecule has 0 saturated heterocycles. The van der Waals surface area contributed by atoms with Crippen LogP contribution in [0.3, 0.4) is 0 Å². The Balaban J connectivity index is 2.56. The third kappa shape index (κ3) is 4.44. The van der Waals surface area contributed by atoms with Gasteiger partial charge in [0.05, 0.1) is 13.2 Å². The van der Waals surface area contributed by atoms with Gasteiger partial charge in [-0.15, -0.1) is 0 Å². The molecule has 1 aromatic rings. The van der Waals surface area contributed by atoms with Crippen molar-refractivity contribution in [2.75, 3.05) is 18.5 Å². The smallest absolute Gasteiger partial charge is 0.161 e. The first-order valence-corrected chi connectivity index (χ1v) is 6.80. The first-order valence-electron chi connectivity index (χ1n) is 5.68. The van der Waals surface area contributed by atoms with E-state index in [1.54, 1.807) is 0 Å². The fourth-order valence-corrected chi connectivity index (χ4v) is 1.36. The summed E-state index contributed by atoms with van der Waals surface area (Å²) in [4.78, 5) is 0. The summed E-state index contributed by atoms with van der Waals surface area (Å²) in [7, 11) is 0. The summed E-state index contributed by atoms with van der Waals surface area (Å²) >= 11 is 3.44. The van der Waals surface area contributed by atoms with Crippen molar-refractivity contribution in [2.24, 2.45) is 5.92 Å². The predicted octanol–water partition coefficient (Wildman–Crippen LogP) is 3.89. The van der Waals surface area contributed by atoms with Crippen LogP contribution in [-0.4, -0.2) is 18.5 Å². The topological polar surface area (TPSA) is 18.5 Å². The Bertz CT molecular complexity index is 302. The van der Waals surface area contributed by atoms with Crippen molar-refractivity contribution in [2.45, 2.75) is 20.3 Å². The number of benzene rings is 1. The van der Waals surface area contributed by atoms with E-state index >= 15 is 0 Å². The average Bonchev–Trinajstić information content (AvgIpc) is 2.34. The molecule has 0 aromatic heterocycles. The molecule has 0 fully saturated rings. The third-order valence-corrected chi connectivity index (χ3v) is 3.20. The zero-order valence-corrected chi connectivity index (χ0v) is 11.5. The maximum Gasteiger partial charge on any atom is 0.161 e. The second-order valence-corrected chi connectivity index (χ2v) is 4.51. The lowest BCUT2D eigenvalue weighted by Gasteiger charge is -2.14. The Labute approximate surface area is 106 Å². The summed E-state index contributed by atoms with van der Waals surface area (Å²) in [5.74, 6) is 2.18. The Hall–Kier alpha value is -0.700. The second kappa shape index (κ2) is 7.55. The lowest BCUT2D eigenvalue weighted by Crippen LogP contribution is -2.10. The Kier molecular flexibility index (Phi) is 6.31. The molecule has 1 rings (SSSR count). The molecule has 16 heavy (non-hydrogen) atoms. The number of para-hydroxylation sites is 2. The minimum Gasteiger partial charge on any atom is -0.490 e. The van der Waals surface area contributed by atoms with Crippen LogP contribution in [0.4, 0.5) is 0 Å². The molecule has 90 valence electrons. The first-order chi connectivity index (χ1) is 7.77. The predicted molar refractivity (Wildman–Crippen MR) is 70.7 cm³/mol. The van der Waals surface area contributed by atoms with Gasteiger partial charge in [-0.3, -0.25) is 0 Å². The maximum atomic E-state index is 5.73. The molecule has 0 saturated carbocycles. The molecule has 0 aliphatic carbocycles. The molecule has 0 bridgehead atoms. The molecule has 0 radical (unpaired) electrons. The number of alkyl halides is 1. The molecular formula is C13H19BrO2. The van der Waals surface area contributed by atoms with Crippen molar-refractivity contribution in [3.63, 3.8) is 0 Å². The monoisotopic (exact) mass is 286 g/mol. The van der Waals surface area contributed by atoms with Crippen LogP contribution >= 0.6 is 15.9 Å². The van der Waals surface area contributed by atoms with Crippen molar-refractivity contribution in [1.82, 2.24) is 0 Å². The van der Waals surface area contributed by atoms with E-state index in [1.807, 2.05) is 24.3 Å². The average molecular weight is 287 g/mol. The lowest BCUT2D eigenvalue weighted by molar-refractivity contribution is 0.245. The highest BCUT2D eigenvalue weighted by Gasteiger charge is 2.06. The van der Waals surface area contributed by atoms with Gasteiger partial charge in [-0.1, -0.05) is 41.9 Å². The van der Waals surface area contributed by atoms with E-state index in [2.05, 4.69) is 29.8 Å². The van der Waals surface area contributed by atoms with Crippen molar-refractivity contribution in [3.8, 4) is 11.5 Å². The van der Waals surface area contributed by atoms with Gasteiger partial charge < -0.3 is 9.47 Å². The number of hydrogen-bond acceptors (Lipinski definition) is 2. The van der Waals surface area contributed by atoms with Crippen molar-refractivity contribution in [3.05, 3.63) is 24.3 Å². The van der Waals surface area contributed by atoms with Crippen LogP contribution in [0.1, 0.15) is 20.3 Å². The van der Waals surface area contributed by atoms with Crippen LogP contribution in [0.25, 0.3) is 0 Å². The fraction of sp³-hybridized carbons (Fsp3) is 0.538. The van der Waals surface area contributed by atoms with Gasteiger partial charge >= 0.3 is 0 Å². The summed E-state index contributed by atoms with van der Waals surface area (Å²) in [5.41, 5.74) is 0. The molecule has 0 amide bonds. The van der Waals surface area contributed by atoms with E-state index in [-0.39, 0.29) is 0 Å². The molecule has 1 unspecified atom stereocenters. The minimum absolute atomic E-state index is 0.499. The molecule has 2 nitrogen and oxygen atoms in total. The summed E-state index contributed by atoms with van der Waals surface area (Å²) in [6.45, 7) is 5.67. The molecule has 0 aliphatic rings. The second-order valence-electron chi connectivity index (χ2n) is 3.87. The number of hydrogen-bond donors (Lipinski definition) is 0. The molecule has 1 aromatic carbocycles. The van der Waals surface area contributed by atoms with E-state index in [4.69, 9.17) is 9.47 Å². The zero-order valence-electron chi connectivity index (χ0n) is 9.91. The van der Waals surface area contributed by atoms with E-state index in [0.29, 0.717) is 12.5 Å².